The van der Waals surface area contributed by atoms with Gasteiger partial charge in [-0.05, 0) is 74.0 Å². The summed E-state index contributed by atoms with van der Waals surface area (Å²) < 4.78 is 22.4. The Kier molecular flexibility index (Phi) is 10.4. The molecular weight excluding hydrogens is 660 g/mol. The molecule has 10 nitrogen and oxygen atoms in total. The Labute approximate surface area is 281 Å². The van der Waals surface area contributed by atoms with Crippen molar-refractivity contribution >= 4 is 32.7 Å². The number of hydrogen-bond donors (Lipinski definition) is 0. The minimum Gasteiger partial charge on any atom is -0.487 e. The molecule has 0 bridgehead atoms. The lowest BCUT2D eigenvalue weighted by molar-refractivity contribution is 0.101. The predicted molar refractivity (Wildman–Crippen MR) is 182 cm³/mol. The summed E-state index contributed by atoms with van der Waals surface area (Å²) in [5, 5.41) is 17.9. The number of ether oxygens (including phenoxy) is 2. The average molecular weight is 698 g/mol. The number of nitrogens with zero attached hydrogens (tertiary/aromatic N) is 6. The van der Waals surface area contributed by atoms with Crippen molar-refractivity contribution in [3.63, 3.8) is 0 Å². The van der Waals surface area contributed by atoms with E-state index in [-0.39, 0.29) is 12.4 Å². The van der Waals surface area contributed by atoms with E-state index in [1.165, 1.54) is 32.1 Å². The van der Waals surface area contributed by atoms with E-state index in [1.54, 1.807) is 22.9 Å². The van der Waals surface area contributed by atoms with Crippen LogP contribution >= 0.6 is 15.9 Å². The zero-order valence-electron chi connectivity index (χ0n) is 26.6. The number of rotatable bonds is 16. The molecule has 0 saturated carbocycles. The molecule has 0 aliphatic carbocycles. The van der Waals surface area contributed by atoms with Crippen molar-refractivity contribution in [2.24, 2.45) is 0 Å². The summed E-state index contributed by atoms with van der Waals surface area (Å²) in [4.78, 5) is 13.1. The lowest BCUT2D eigenvalue weighted by Crippen LogP contribution is -2.01. The highest BCUT2D eigenvalue weighted by molar-refractivity contribution is 9.10. The van der Waals surface area contributed by atoms with E-state index in [0.717, 1.165) is 45.5 Å². The van der Waals surface area contributed by atoms with Gasteiger partial charge in [-0.25, -0.2) is 4.68 Å². The summed E-state index contributed by atoms with van der Waals surface area (Å²) in [7, 11) is 0. The van der Waals surface area contributed by atoms with Crippen LogP contribution in [-0.4, -0.2) is 35.8 Å². The average Bonchev–Trinajstić information content (AvgIpc) is 3.84. The van der Waals surface area contributed by atoms with Gasteiger partial charge in [0.2, 0.25) is 5.78 Å². The molecule has 3 aromatic heterocycles. The van der Waals surface area contributed by atoms with Crippen molar-refractivity contribution in [3.05, 3.63) is 112 Å². The molecular formula is C36H37BrN6O4. The third-order valence-electron chi connectivity index (χ3n) is 7.96. The number of benzene rings is 3. The van der Waals surface area contributed by atoms with E-state index in [4.69, 9.17) is 13.9 Å². The second-order valence-electron chi connectivity index (χ2n) is 11.5. The van der Waals surface area contributed by atoms with Crippen LogP contribution in [0.4, 0.5) is 0 Å². The Hall–Kier alpha value is -4.77. The summed E-state index contributed by atoms with van der Waals surface area (Å²) in [6.45, 7) is 5.58. The number of aryl methyl sites for hydroxylation is 2. The summed E-state index contributed by atoms with van der Waals surface area (Å²) in [5.74, 6) is 1.50. The normalized spacial score (nSPS) is 11.3. The van der Waals surface area contributed by atoms with Crippen molar-refractivity contribution in [1.82, 2.24) is 30.0 Å². The maximum absolute atomic E-state index is 13.1. The molecule has 6 aromatic rings. The lowest BCUT2D eigenvalue weighted by Gasteiger charge is -2.05. The van der Waals surface area contributed by atoms with Crippen molar-refractivity contribution in [2.45, 2.75) is 72.1 Å². The largest absolute Gasteiger partial charge is 0.487 e. The minimum absolute atomic E-state index is 0.159. The summed E-state index contributed by atoms with van der Waals surface area (Å²) >= 11 is 3.40. The molecule has 0 fully saturated rings. The number of unbranched alkanes of at least 4 members (excludes halogenated alkanes) is 5. The SMILES string of the molecule is CCCCCCCCn1cc(COc2ccc(-n3cc(COc4ccc5c(C)c(C(=O)c6ccc(Br)cc6)oc5c4)nn3)cc2)nn1. The molecule has 242 valence electrons. The number of hydrogen-bond acceptors (Lipinski definition) is 8. The Morgan fingerprint density at radius 2 is 1.49 bits per heavy atom. The van der Waals surface area contributed by atoms with Crippen molar-refractivity contribution in [3.8, 4) is 17.2 Å². The first-order valence-electron chi connectivity index (χ1n) is 16.0. The summed E-state index contributed by atoms with van der Waals surface area (Å²) in [5.41, 5.74) is 4.26. The molecule has 0 N–H and O–H groups in total. The summed E-state index contributed by atoms with van der Waals surface area (Å²) in [6.07, 6.45) is 11.3. The maximum Gasteiger partial charge on any atom is 0.228 e. The zero-order chi connectivity index (χ0) is 32.6. The number of aromatic nitrogens is 6. The number of ketones is 1. The number of carbonyl (C=O) groups is 1. The lowest BCUT2D eigenvalue weighted by atomic mass is 10.0. The van der Waals surface area contributed by atoms with Gasteiger partial charge < -0.3 is 13.9 Å². The standard InChI is InChI=1S/C36H37BrN6O4/c1-3-4-5-6-7-8-19-42-21-28(38-40-42)23-45-31-15-13-30(14-16-31)43-22-29(39-41-43)24-46-32-17-18-33-25(2)36(47-34(33)20-32)35(44)26-9-11-27(37)12-10-26/h9-18,20-22H,3-8,19,23-24H2,1-2H3. The van der Waals surface area contributed by atoms with E-state index < -0.39 is 0 Å². The summed E-state index contributed by atoms with van der Waals surface area (Å²) in [6, 6.07) is 20.4. The van der Waals surface area contributed by atoms with Crippen LogP contribution in [0.3, 0.4) is 0 Å². The Balaban J connectivity index is 0.997. The third kappa shape index (κ3) is 8.15. The maximum atomic E-state index is 13.1. The van der Waals surface area contributed by atoms with Crippen LogP contribution in [0, 0.1) is 6.92 Å². The van der Waals surface area contributed by atoms with Gasteiger partial charge in [-0.1, -0.05) is 65.4 Å². The number of furan rings is 1. The fraction of sp³-hybridized carbons (Fsp3) is 0.306. The molecule has 3 aromatic carbocycles. The van der Waals surface area contributed by atoms with E-state index >= 15 is 0 Å². The highest BCUT2D eigenvalue weighted by atomic mass is 79.9. The van der Waals surface area contributed by atoms with Gasteiger partial charge in [-0.3, -0.25) is 9.48 Å². The molecule has 0 radical (unpaired) electrons. The van der Waals surface area contributed by atoms with Gasteiger partial charge in [0.15, 0.2) is 5.76 Å². The van der Waals surface area contributed by atoms with Gasteiger partial charge in [0.05, 0.1) is 18.1 Å². The molecule has 0 saturated heterocycles. The van der Waals surface area contributed by atoms with Gasteiger partial charge in [-0.15, -0.1) is 10.2 Å². The molecule has 11 heteroatoms. The van der Waals surface area contributed by atoms with Crippen LogP contribution < -0.4 is 9.47 Å². The van der Waals surface area contributed by atoms with Crippen LogP contribution in [0.5, 0.6) is 11.5 Å². The first kappa shape index (κ1) is 32.2. The van der Waals surface area contributed by atoms with Crippen LogP contribution in [0.25, 0.3) is 16.7 Å². The molecule has 0 aliphatic rings. The molecule has 0 atom stereocenters. The highest BCUT2D eigenvalue weighted by Gasteiger charge is 2.20. The van der Waals surface area contributed by atoms with Crippen molar-refractivity contribution < 1.29 is 18.7 Å². The molecule has 0 amide bonds. The first-order chi connectivity index (χ1) is 23.0. The monoisotopic (exact) mass is 696 g/mol. The molecule has 6 rings (SSSR count). The van der Waals surface area contributed by atoms with Crippen LogP contribution in [0.15, 0.2) is 88.0 Å². The second kappa shape index (κ2) is 15.2. The molecule has 0 aliphatic heterocycles. The van der Waals surface area contributed by atoms with Gasteiger partial charge in [-0.2, -0.15) is 0 Å². The minimum atomic E-state index is -0.159. The van der Waals surface area contributed by atoms with E-state index in [0.29, 0.717) is 35.0 Å². The number of fused-ring (bicyclic) bond motifs is 1. The molecule has 47 heavy (non-hydrogen) atoms. The van der Waals surface area contributed by atoms with E-state index in [1.807, 2.05) is 72.5 Å². The predicted octanol–water partition coefficient (Wildman–Crippen LogP) is 8.43. The zero-order valence-corrected chi connectivity index (χ0v) is 28.1. The number of halogens is 1. The Morgan fingerprint density at radius 1 is 0.809 bits per heavy atom. The van der Waals surface area contributed by atoms with Crippen LogP contribution in [0.2, 0.25) is 0 Å². The topological polar surface area (TPSA) is 110 Å². The highest BCUT2D eigenvalue weighted by Crippen LogP contribution is 2.30. The van der Waals surface area contributed by atoms with Gasteiger partial charge in [0.1, 0.15) is 41.7 Å². The van der Waals surface area contributed by atoms with E-state index in [2.05, 4.69) is 43.5 Å². The van der Waals surface area contributed by atoms with Crippen LogP contribution in [-0.2, 0) is 19.8 Å². The quantitative estimate of drug-likeness (QED) is 0.0733. The van der Waals surface area contributed by atoms with Gasteiger partial charge >= 0.3 is 0 Å². The number of carbonyl (C=O) groups excluding carboxylic acids is 1. The molecule has 0 unspecified atom stereocenters. The fourth-order valence-corrected chi connectivity index (χ4v) is 5.58. The second-order valence-corrected chi connectivity index (χ2v) is 12.4. The first-order valence-corrected chi connectivity index (χ1v) is 16.8. The third-order valence-corrected chi connectivity index (χ3v) is 8.49. The molecule has 3 heterocycles. The van der Waals surface area contributed by atoms with Gasteiger partial charge in [0.25, 0.3) is 0 Å². The van der Waals surface area contributed by atoms with Crippen LogP contribution in [0.1, 0.15) is 78.5 Å². The fourth-order valence-electron chi connectivity index (χ4n) is 5.31. The van der Waals surface area contributed by atoms with Crippen molar-refractivity contribution in [1.29, 1.82) is 0 Å². The molecule has 0 spiro atoms. The smallest absolute Gasteiger partial charge is 0.228 e. The Bertz CT molecular complexity index is 1930. The van der Waals surface area contributed by atoms with E-state index in [9.17, 15) is 4.79 Å². The van der Waals surface area contributed by atoms with Crippen molar-refractivity contribution in [2.75, 3.05) is 0 Å². The Morgan fingerprint density at radius 3 is 2.28 bits per heavy atom. The van der Waals surface area contributed by atoms with Gasteiger partial charge in [0, 0.05) is 33.6 Å².